The number of carbonyl (C=O) groups is 2. The van der Waals surface area contributed by atoms with E-state index in [4.69, 9.17) is 4.74 Å². The van der Waals surface area contributed by atoms with E-state index < -0.39 is 0 Å². The summed E-state index contributed by atoms with van der Waals surface area (Å²) in [6.45, 7) is 8.27. The van der Waals surface area contributed by atoms with Crippen LogP contribution in [0.15, 0.2) is 24.3 Å². The lowest BCUT2D eigenvalue weighted by molar-refractivity contribution is -0.135. The second kappa shape index (κ2) is 9.85. The van der Waals surface area contributed by atoms with Crippen LogP contribution in [0.25, 0.3) is 0 Å². The Kier molecular flexibility index (Phi) is 7.24. The van der Waals surface area contributed by atoms with E-state index >= 15 is 0 Å². The van der Waals surface area contributed by atoms with Gasteiger partial charge in [0.15, 0.2) is 0 Å². The first-order valence-electron chi connectivity index (χ1n) is 10.1. The van der Waals surface area contributed by atoms with Gasteiger partial charge in [0.1, 0.15) is 0 Å². The number of benzene rings is 1. The number of rotatable bonds is 6. The van der Waals surface area contributed by atoms with Crippen LogP contribution in [0.1, 0.15) is 37.3 Å². The quantitative estimate of drug-likeness (QED) is 0.826. The number of likely N-dealkylation sites (tertiary alicyclic amines) is 1. The average Bonchev–Trinajstić information content (AvgIpc) is 2.73. The standard InChI is InChI=1S/C21H31N3O3/c1-2-20(25)24-9-3-4-19(16-24)21(26)22-14-17-5-7-18(8-6-17)15-23-10-12-27-13-11-23/h5-8,19H,2-4,9-16H2,1H3,(H,22,26). The molecule has 1 atom stereocenters. The van der Waals surface area contributed by atoms with Crippen LogP contribution in [0.4, 0.5) is 0 Å². The third kappa shape index (κ3) is 5.78. The van der Waals surface area contributed by atoms with Gasteiger partial charge in [0.25, 0.3) is 0 Å². The summed E-state index contributed by atoms with van der Waals surface area (Å²) in [4.78, 5) is 28.6. The molecule has 3 rings (SSSR count). The van der Waals surface area contributed by atoms with Crippen LogP contribution in [0.5, 0.6) is 0 Å². The van der Waals surface area contributed by atoms with E-state index in [2.05, 4.69) is 34.5 Å². The predicted molar refractivity (Wildman–Crippen MR) is 104 cm³/mol. The van der Waals surface area contributed by atoms with Crippen LogP contribution in [0, 0.1) is 5.92 Å². The molecule has 6 heteroatoms. The number of hydrogen-bond donors (Lipinski definition) is 1. The number of amides is 2. The molecule has 27 heavy (non-hydrogen) atoms. The smallest absolute Gasteiger partial charge is 0.225 e. The van der Waals surface area contributed by atoms with Gasteiger partial charge < -0.3 is 15.0 Å². The zero-order valence-corrected chi connectivity index (χ0v) is 16.3. The Bertz CT molecular complexity index is 626. The van der Waals surface area contributed by atoms with E-state index in [1.807, 2.05) is 11.8 Å². The van der Waals surface area contributed by atoms with Crippen molar-refractivity contribution in [3.8, 4) is 0 Å². The van der Waals surface area contributed by atoms with Gasteiger partial charge in [-0.1, -0.05) is 31.2 Å². The summed E-state index contributed by atoms with van der Waals surface area (Å²) in [5.74, 6) is 0.110. The zero-order valence-electron chi connectivity index (χ0n) is 16.3. The molecular formula is C21H31N3O3. The number of nitrogens with zero attached hydrogens (tertiary/aromatic N) is 2. The Balaban J connectivity index is 1.45. The van der Waals surface area contributed by atoms with Crippen molar-refractivity contribution >= 4 is 11.8 Å². The van der Waals surface area contributed by atoms with Gasteiger partial charge in [0.05, 0.1) is 19.1 Å². The first-order valence-corrected chi connectivity index (χ1v) is 10.1. The van der Waals surface area contributed by atoms with E-state index in [0.717, 1.165) is 57.8 Å². The van der Waals surface area contributed by atoms with Gasteiger partial charge in [0.2, 0.25) is 11.8 Å². The van der Waals surface area contributed by atoms with Crippen LogP contribution in [-0.4, -0.2) is 61.0 Å². The van der Waals surface area contributed by atoms with E-state index in [-0.39, 0.29) is 17.7 Å². The van der Waals surface area contributed by atoms with Crippen molar-refractivity contribution in [1.29, 1.82) is 0 Å². The highest BCUT2D eigenvalue weighted by atomic mass is 16.5. The summed E-state index contributed by atoms with van der Waals surface area (Å²) >= 11 is 0. The first-order chi connectivity index (χ1) is 13.2. The monoisotopic (exact) mass is 373 g/mol. The highest BCUT2D eigenvalue weighted by molar-refractivity contribution is 5.81. The molecule has 6 nitrogen and oxygen atoms in total. The largest absolute Gasteiger partial charge is 0.379 e. The molecule has 1 unspecified atom stereocenters. The highest BCUT2D eigenvalue weighted by Crippen LogP contribution is 2.18. The predicted octanol–water partition coefficient (Wildman–Crippen LogP) is 1.78. The van der Waals surface area contributed by atoms with Crippen molar-refractivity contribution in [2.24, 2.45) is 5.92 Å². The number of morpholine rings is 1. The summed E-state index contributed by atoms with van der Waals surface area (Å²) in [7, 11) is 0. The second-order valence-corrected chi connectivity index (χ2v) is 7.46. The van der Waals surface area contributed by atoms with Crippen LogP contribution in [0.3, 0.4) is 0 Å². The molecule has 2 heterocycles. The van der Waals surface area contributed by atoms with Crippen LogP contribution in [-0.2, 0) is 27.4 Å². The molecule has 1 aromatic carbocycles. The maximum absolute atomic E-state index is 12.5. The fourth-order valence-corrected chi connectivity index (χ4v) is 3.75. The summed E-state index contributed by atoms with van der Waals surface area (Å²) < 4.78 is 5.38. The highest BCUT2D eigenvalue weighted by Gasteiger charge is 2.27. The Morgan fingerprint density at radius 1 is 1.11 bits per heavy atom. The third-order valence-electron chi connectivity index (χ3n) is 5.45. The molecule has 148 valence electrons. The maximum atomic E-state index is 12.5. The zero-order chi connectivity index (χ0) is 19.1. The number of carbonyl (C=O) groups excluding carboxylic acids is 2. The molecule has 1 N–H and O–H groups in total. The van der Waals surface area contributed by atoms with Crippen molar-refractivity contribution in [2.45, 2.75) is 39.3 Å². The molecule has 2 fully saturated rings. The molecule has 0 bridgehead atoms. The van der Waals surface area contributed by atoms with Gasteiger partial charge >= 0.3 is 0 Å². The molecule has 0 aromatic heterocycles. The molecule has 2 amide bonds. The topological polar surface area (TPSA) is 61.9 Å². The minimum absolute atomic E-state index is 0.0565. The summed E-state index contributed by atoms with van der Waals surface area (Å²) in [6.07, 6.45) is 2.27. The molecule has 0 spiro atoms. The van der Waals surface area contributed by atoms with Crippen LogP contribution >= 0.6 is 0 Å². The van der Waals surface area contributed by atoms with Crippen molar-refractivity contribution in [1.82, 2.24) is 15.1 Å². The van der Waals surface area contributed by atoms with Crippen molar-refractivity contribution in [3.05, 3.63) is 35.4 Å². The van der Waals surface area contributed by atoms with Gasteiger partial charge in [-0.25, -0.2) is 0 Å². The third-order valence-corrected chi connectivity index (χ3v) is 5.45. The molecule has 0 aliphatic carbocycles. The van der Waals surface area contributed by atoms with Crippen LogP contribution < -0.4 is 5.32 Å². The first kappa shape index (κ1) is 19.8. The minimum atomic E-state index is -0.0881. The number of ether oxygens (including phenoxy) is 1. The van der Waals surface area contributed by atoms with E-state index in [0.29, 0.717) is 19.5 Å². The molecule has 1 aromatic rings. The second-order valence-electron chi connectivity index (χ2n) is 7.46. The Morgan fingerprint density at radius 2 is 1.81 bits per heavy atom. The Morgan fingerprint density at radius 3 is 2.52 bits per heavy atom. The molecule has 2 aliphatic rings. The maximum Gasteiger partial charge on any atom is 0.225 e. The fourth-order valence-electron chi connectivity index (χ4n) is 3.75. The normalized spacial score (nSPS) is 21.1. The Labute approximate surface area is 161 Å². The molecule has 0 radical (unpaired) electrons. The number of piperidine rings is 1. The molecule has 2 saturated heterocycles. The molecule has 0 saturated carbocycles. The lowest BCUT2D eigenvalue weighted by Crippen LogP contribution is -2.45. The average molecular weight is 373 g/mol. The molecule has 2 aliphatic heterocycles. The lowest BCUT2D eigenvalue weighted by Gasteiger charge is -2.32. The van der Waals surface area contributed by atoms with Crippen molar-refractivity contribution in [3.63, 3.8) is 0 Å². The van der Waals surface area contributed by atoms with Gasteiger partial charge in [-0.05, 0) is 24.0 Å². The van der Waals surface area contributed by atoms with E-state index in [1.165, 1.54) is 5.56 Å². The lowest BCUT2D eigenvalue weighted by atomic mass is 9.96. The van der Waals surface area contributed by atoms with Gasteiger partial charge in [0, 0.05) is 45.7 Å². The van der Waals surface area contributed by atoms with E-state index in [9.17, 15) is 9.59 Å². The van der Waals surface area contributed by atoms with Crippen LogP contribution in [0.2, 0.25) is 0 Å². The van der Waals surface area contributed by atoms with Gasteiger partial charge in [-0.3, -0.25) is 14.5 Å². The van der Waals surface area contributed by atoms with Crippen molar-refractivity contribution in [2.75, 3.05) is 39.4 Å². The van der Waals surface area contributed by atoms with Crippen molar-refractivity contribution < 1.29 is 14.3 Å². The summed E-state index contributed by atoms with van der Waals surface area (Å²) in [5, 5.41) is 3.04. The van der Waals surface area contributed by atoms with E-state index in [1.54, 1.807) is 0 Å². The number of hydrogen-bond acceptors (Lipinski definition) is 4. The number of nitrogens with one attached hydrogen (secondary N) is 1. The Hall–Kier alpha value is -1.92. The van der Waals surface area contributed by atoms with Gasteiger partial charge in [-0.15, -0.1) is 0 Å². The van der Waals surface area contributed by atoms with Gasteiger partial charge in [-0.2, -0.15) is 0 Å². The minimum Gasteiger partial charge on any atom is -0.379 e. The summed E-state index contributed by atoms with van der Waals surface area (Å²) in [5.41, 5.74) is 2.39. The molecular weight excluding hydrogens is 342 g/mol. The fraction of sp³-hybridized carbons (Fsp3) is 0.619. The summed E-state index contributed by atoms with van der Waals surface area (Å²) in [6, 6.07) is 8.45. The SMILES string of the molecule is CCC(=O)N1CCCC(C(=O)NCc2ccc(CN3CCOCC3)cc2)C1.